The fraction of sp³-hybridized carbons (Fsp3) is 0.400. The Hall–Kier alpha value is -8.20. The summed E-state index contributed by atoms with van der Waals surface area (Å²) in [5, 5.41) is 19.1. The van der Waals surface area contributed by atoms with Crippen LogP contribution in [0.15, 0.2) is 146 Å². The van der Waals surface area contributed by atoms with Crippen molar-refractivity contribution in [3.8, 4) is 46.0 Å². The number of rotatable bonds is 12. The van der Waals surface area contributed by atoms with E-state index in [0.29, 0.717) is 131 Å². The Morgan fingerprint density at radius 2 is 0.392 bits per heavy atom. The monoisotopic (exact) mass is 1320 g/mol. The first-order chi connectivity index (χ1) is 48.1. The molecule has 0 saturated heterocycles. The maximum Gasteiger partial charge on any atom is 0.126 e. The van der Waals surface area contributed by atoms with E-state index in [1.54, 1.807) is 0 Å². The van der Waals surface area contributed by atoms with Crippen LogP contribution in [0.25, 0.3) is 0 Å². The number of benzene rings is 8. The number of aliphatic hydroxyl groups excluding tert-OH is 2. The molecule has 17 nitrogen and oxygen atoms in total. The number of hydrogen-bond acceptors (Lipinski definition) is 17. The third kappa shape index (κ3) is 18.7. The summed E-state index contributed by atoms with van der Waals surface area (Å²) in [7, 11) is 0. The molecular formula is C80H90O17. The molecule has 2 N–H and O–H groups in total. The Balaban J connectivity index is 0.941. The van der Waals surface area contributed by atoms with E-state index in [9.17, 15) is 10.2 Å². The van der Waals surface area contributed by atoms with Crippen molar-refractivity contribution < 1.29 is 81.3 Å². The Kier molecular flexibility index (Phi) is 25.8. The predicted molar refractivity (Wildman–Crippen MR) is 368 cm³/mol. The minimum Gasteiger partial charge on any atom is -0.491 e. The lowest BCUT2D eigenvalue weighted by Gasteiger charge is -2.23. The minimum atomic E-state index is -0.0790. The van der Waals surface area contributed by atoms with Gasteiger partial charge in [-0.05, 0) is 89.0 Å². The molecule has 512 valence electrons. The summed E-state index contributed by atoms with van der Waals surface area (Å²) in [4.78, 5) is 0. The molecular weight excluding hydrogens is 1230 g/mol. The van der Waals surface area contributed by atoms with Crippen LogP contribution in [0.2, 0.25) is 0 Å². The molecule has 2 aliphatic carbocycles. The lowest BCUT2D eigenvalue weighted by Crippen LogP contribution is -2.17. The van der Waals surface area contributed by atoms with Crippen molar-refractivity contribution in [1.82, 2.24) is 0 Å². The van der Waals surface area contributed by atoms with Crippen LogP contribution in [0.4, 0.5) is 0 Å². The summed E-state index contributed by atoms with van der Waals surface area (Å²) in [6.45, 7) is 6.76. The van der Waals surface area contributed by atoms with Crippen LogP contribution >= 0.6 is 0 Å². The van der Waals surface area contributed by atoms with Crippen molar-refractivity contribution in [1.29, 1.82) is 0 Å². The lowest BCUT2D eigenvalue weighted by atomic mass is 9.91. The van der Waals surface area contributed by atoms with Crippen molar-refractivity contribution >= 4 is 0 Å². The second-order valence-corrected chi connectivity index (χ2v) is 24.2. The van der Waals surface area contributed by atoms with E-state index in [-0.39, 0.29) is 79.3 Å². The van der Waals surface area contributed by atoms with E-state index in [1.807, 2.05) is 0 Å². The fourth-order valence-corrected chi connectivity index (χ4v) is 13.2. The van der Waals surface area contributed by atoms with Crippen LogP contribution in [-0.4, -0.2) is 169 Å². The van der Waals surface area contributed by atoms with Gasteiger partial charge in [-0.2, -0.15) is 0 Å². The Bertz CT molecular complexity index is 3400. The van der Waals surface area contributed by atoms with Gasteiger partial charge in [0.1, 0.15) is 98.9 Å². The fourth-order valence-electron chi connectivity index (χ4n) is 13.2. The zero-order chi connectivity index (χ0) is 66.1. The van der Waals surface area contributed by atoms with Crippen molar-refractivity contribution in [2.45, 2.75) is 51.4 Å². The maximum absolute atomic E-state index is 9.55. The van der Waals surface area contributed by atoms with Crippen molar-refractivity contribution in [3.05, 3.63) is 235 Å². The van der Waals surface area contributed by atoms with Gasteiger partial charge in [-0.1, -0.05) is 146 Å². The molecule has 0 spiro atoms. The third-order valence-corrected chi connectivity index (χ3v) is 17.5. The molecule has 3 heterocycles. The summed E-state index contributed by atoms with van der Waals surface area (Å²) in [5.41, 5.74) is 15.8. The Morgan fingerprint density at radius 3 is 0.588 bits per heavy atom. The quantitative estimate of drug-likeness (QED) is 0.0871. The zero-order valence-corrected chi connectivity index (χ0v) is 55.5. The second-order valence-electron chi connectivity index (χ2n) is 24.2. The highest BCUT2D eigenvalue weighted by molar-refractivity contribution is 5.59. The Morgan fingerprint density at radius 1 is 0.216 bits per heavy atom. The average molecular weight is 1320 g/mol. The number of para-hydroxylation sites is 8. The van der Waals surface area contributed by atoms with Crippen LogP contribution < -0.4 is 37.9 Å². The van der Waals surface area contributed by atoms with E-state index in [1.165, 1.54) is 0 Å². The summed E-state index contributed by atoms with van der Waals surface area (Å²) in [6.07, 6.45) is 4.00. The van der Waals surface area contributed by atoms with Gasteiger partial charge in [-0.3, -0.25) is 0 Å². The molecule has 22 bridgehead atoms. The second kappa shape index (κ2) is 36.4. The average Bonchev–Trinajstić information content (AvgIpc) is 0.819. The van der Waals surface area contributed by atoms with Crippen molar-refractivity contribution in [2.24, 2.45) is 0 Å². The normalized spacial score (nSPS) is 16.1. The third-order valence-electron chi connectivity index (χ3n) is 17.5. The molecule has 0 amide bonds. The van der Waals surface area contributed by atoms with Gasteiger partial charge in [0.25, 0.3) is 0 Å². The van der Waals surface area contributed by atoms with Crippen LogP contribution in [0.1, 0.15) is 89.0 Å². The minimum absolute atomic E-state index is 0.0790. The maximum atomic E-state index is 9.55. The molecule has 0 unspecified atom stereocenters. The summed E-state index contributed by atoms with van der Waals surface area (Å²) >= 11 is 0. The van der Waals surface area contributed by atoms with E-state index in [4.69, 9.17) is 71.1 Å². The van der Waals surface area contributed by atoms with Gasteiger partial charge in [0, 0.05) is 51.4 Å². The molecule has 5 aliphatic rings. The highest BCUT2D eigenvalue weighted by Crippen LogP contribution is 2.42. The van der Waals surface area contributed by atoms with Crippen LogP contribution in [0, 0.1) is 0 Å². The number of ether oxygens (including phenoxy) is 15. The number of fused-ring (bicyclic) bond motifs is 12. The molecule has 13 rings (SSSR count). The standard InChI is InChI=1S/C80H90O17/c81-25-27-83-33-41-90-73-57-9-1-10-58(73)50-66-18-6-20-68-52-60-12-2-11-59(74(60)91-42-34-84-28-26-82)51-67-19-5-17-65(49-57)77(67)94-45-37-88-39-47-96-79-69-21-7-23-71(79)55-63-15-4-16-64-56-72-24-8-22-70(80(72)97-48-40-89-38-46-95-78(66)68)54-62-14-3-13-61(53-69)75(62)92-43-35-86-31-29-85-30-32-87-36-44-93-76(63)64/h1-24,81-82H,25-56H2. The SMILES string of the molecule is OCCOCCOc1c2cccc1Cc1cccc3c1OCCOCCOc1c4cccc1Cc1cccc5c1OCCOCCOCCOCCOc1c(cccc1C4)Cc1cccc(c1OCCOCCOc1c(cccc1Cc1cccc(c1OCCOCCO)C3)C2)C5. The van der Waals surface area contributed by atoms with E-state index >= 15 is 0 Å². The van der Waals surface area contributed by atoms with Crippen LogP contribution in [-0.2, 0) is 84.5 Å². The van der Waals surface area contributed by atoms with Gasteiger partial charge >= 0.3 is 0 Å². The highest BCUT2D eigenvalue weighted by atomic mass is 16.6. The van der Waals surface area contributed by atoms with Gasteiger partial charge in [0.2, 0.25) is 0 Å². The highest BCUT2D eigenvalue weighted by Gasteiger charge is 2.26. The van der Waals surface area contributed by atoms with E-state index in [2.05, 4.69) is 146 Å². The van der Waals surface area contributed by atoms with Crippen molar-refractivity contribution in [2.75, 3.05) is 159 Å². The summed E-state index contributed by atoms with van der Waals surface area (Å²) in [6, 6.07) is 50.9. The van der Waals surface area contributed by atoms with Gasteiger partial charge < -0.3 is 81.3 Å². The van der Waals surface area contributed by atoms with Crippen LogP contribution in [0.3, 0.4) is 0 Å². The first kappa shape index (κ1) is 68.7. The largest absolute Gasteiger partial charge is 0.491 e. The van der Waals surface area contributed by atoms with Gasteiger partial charge in [0.05, 0.1) is 106 Å². The molecule has 17 heteroatoms. The zero-order valence-electron chi connectivity index (χ0n) is 55.5. The molecule has 8 aromatic rings. The number of aliphatic hydroxyl groups is 2. The van der Waals surface area contributed by atoms with Gasteiger partial charge in [-0.25, -0.2) is 0 Å². The molecule has 3 aliphatic heterocycles. The molecule has 8 aromatic carbocycles. The molecule has 0 atom stereocenters. The van der Waals surface area contributed by atoms with Gasteiger partial charge in [0.15, 0.2) is 0 Å². The molecule has 0 fully saturated rings. The Labute approximate surface area is 569 Å². The smallest absolute Gasteiger partial charge is 0.126 e. The summed E-state index contributed by atoms with van der Waals surface area (Å²) < 4.78 is 97.7. The topological polar surface area (TPSA) is 179 Å². The van der Waals surface area contributed by atoms with Gasteiger partial charge in [-0.15, -0.1) is 0 Å². The molecule has 97 heavy (non-hydrogen) atoms. The first-order valence-corrected chi connectivity index (χ1v) is 34.2. The summed E-state index contributed by atoms with van der Waals surface area (Å²) in [5.74, 6) is 6.17. The van der Waals surface area contributed by atoms with Crippen LogP contribution in [0.5, 0.6) is 46.0 Å². The molecule has 0 radical (unpaired) electrons. The van der Waals surface area contributed by atoms with Crippen molar-refractivity contribution in [3.63, 3.8) is 0 Å². The lowest BCUT2D eigenvalue weighted by molar-refractivity contribution is 0.00484. The van der Waals surface area contributed by atoms with E-state index < -0.39 is 0 Å². The first-order valence-electron chi connectivity index (χ1n) is 34.2. The molecule has 0 saturated carbocycles. The number of hydrogen-bond donors (Lipinski definition) is 2. The van der Waals surface area contributed by atoms with E-state index in [0.717, 1.165) is 135 Å². The molecule has 0 aromatic heterocycles. The predicted octanol–water partition coefficient (Wildman–Crippen LogP) is 10.9.